The Morgan fingerprint density at radius 3 is 2.38 bits per heavy atom. The van der Waals surface area contributed by atoms with Crippen molar-refractivity contribution in [2.24, 2.45) is 5.10 Å². The van der Waals surface area contributed by atoms with Crippen molar-refractivity contribution in [2.45, 2.75) is 6.18 Å². The molecule has 0 saturated carbocycles. The van der Waals surface area contributed by atoms with Crippen molar-refractivity contribution in [1.82, 2.24) is 10.7 Å². The molecule has 0 atom stereocenters. The summed E-state index contributed by atoms with van der Waals surface area (Å²) in [6.07, 6.45) is -3.27. The van der Waals surface area contributed by atoms with Crippen molar-refractivity contribution in [3.63, 3.8) is 0 Å². The SMILES string of the molecule is O=C(CNC(=O)c1cccc(F)c1)N/N=C/c1ccc(C(F)(F)F)cc1. The maximum Gasteiger partial charge on any atom is 0.416 e. The fourth-order valence-corrected chi connectivity index (χ4v) is 1.87. The molecular weight excluding hydrogens is 354 g/mol. The standard InChI is InChI=1S/C17H13F4N3O2/c18-14-3-1-2-12(8-14)16(26)22-10-15(25)24-23-9-11-4-6-13(7-5-11)17(19,20)21/h1-9H,10H2,(H,22,26)(H,24,25)/b23-9+. The van der Waals surface area contributed by atoms with Gasteiger partial charge in [-0.1, -0.05) is 18.2 Å². The lowest BCUT2D eigenvalue weighted by atomic mass is 10.1. The number of amides is 2. The van der Waals surface area contributed by atoms with E-state index in [-0.39, 0.29) is 5.56 Å². The number of nitrogens with one attached hydrogen (secondary N) is 2. The van der Waals surface area contributed by atoms with Crippen molar-refractivity contribution < 1.29 is 27.2 Å². The molecular formula is C17H13F4N3O2. The Morgan fingerprint density at radius 1 is 1.08 bits per heavy atom. The third-order valence-corrected chi connectivity index (χ3v) is 3.14. The van der Waals surface area contributed by atoms with E-state index >= 15 is 0 Å². The van der Waals surface area contributed by atoms with Crippen molar-refractivity contribution in [3.05, 3.63) is 71.0 Å². The lowest BCUT2D eigenvalue weighted by Gasteiger charge is -2.06. The Hall–Kier alpha value is -3.23. The summed E-state index contributed by atoms with van der Waals surface area (Å²) in [4.78, 5) is 23.3. The first-order valence-electron chi connectivity index (χ1n) is 7.28. The van der Waals surface area contributed by atoms with Crippen LogP contribution in [0.25, 0.3) is 0 Å². The highest BCUT2D eigenvalue weighted by molar-refractivity contribution is 5.96. The second-order valence-electron chi connectivity index (χ2n) is 5.11. The normalized spacial score (nSPS) is 11.4. The van der Waals surface area contributed by atoms with E-state index in [0.717, 1.165) is 24.4 Å². The van der Waals surface area contributed by atoms with Crippen LogP contribution < -0.4 is 10.7 Å². The van der Waals surface area contributed by atoms with Crippen LogP contribution in [-0.2, 0) is 11.0 Å². The summed E-state index contributed by atoms with van der Waals surface area (Å²) in [5.74, 6) is -1.87. The Morgan fingerprint density at radius 2 is 1.77 bits per heavy atom. The lowest BCUT2D eigenvalue weighted by Crippen LogP contribution is -2.34. The Labute approximate surface area is 145 Å². The van der Waals surface area contributed by atoms with E-state index in [1.165, 1.54) is 30.3 Å². The fraction of sp³-hybridized carbons (Fsp3) is 0.118. The number of carbonyl (C=O) groups excluding carboxylic acids is 2. The van der Waals surface area contributed by atoms with E-state index in [1.807, 2.05) is 0 Å². The van der Waals surface area contributed by atoms with Gasteiger partial charge in [0.15, 0.2) is 0 Å². The lowest BCUT2D eigenvalue weighted by molar-refractivity contribution is -0.137. The molecule has 2 N–H and O–H groups in total. The summed E-state index contributed by atoms with van der Waals surface area (Å²) in [6, 6.07) is 9.13. The van der Waals surface area contributed by atoms with Crippen molar-refractivity contribution in [2.75, 3.05) is 6.54 Å². The van der Waals surface area contributed by atoms with E-state index in [9.17, 15) is 27.2 Å². The molecule has 26 heavy (non-hydrogen) atoms. The fourth-order valence-electron chi connectivity index (χ4n) is 1.87. The van der Waals surface area contributed by atoms with Crippen LogP contribution in [0.1, 0.15) is 21.5 Å². The molecule has 0 saturated heterocycles. The van der Waals surface area contributed by atoms with Crippen molar-refractivity contribution in [1.29, 1.82) is 0 Å². The number of alkyl halides is 3. The zero-order chi connectivity index (χ0) is 19.2. The molecule has 5 nitrogen and oxygen atoms in total. The van der Waals surface area contributed by atoms with Crippen LogP contribution in [0.15, 0.2) is 53.6 Å². The summed E-state index contributed by atoms with van der Waals surface area (Å²) < 4.78 is 50.3. The van der Waals surface area contributed by atoms with Crippen LogP contribution >= 0.6 is 0 Å². The first-order chi connectivity index (χ1) is 12.3. The summed E-state index contributed by atoms with van der Waals surface area (Å²) in [7, 11) is 0. The average molecular weight is 367 g/mol. The Kier molecular flexibility index (Phi) is 6.05. The minimum atomic E-state index is -4.43. The van der Waals surface area contributed by atoms with Gasteiger partial charge in [-0.3, -0.25) is 9.59 Å². The van der Waals surface area contributed by atoms with Crippen LogP contribution in [0.5, 0.6) is 0 Å². The van der Waals surface area contributed by atoms with E-state index < -0.39 is 35.9 Å². The van der Waals surface area contributed by atoms with Crippen molar-refractivity contribution >= 4 is 18.0 Å². The second kappa shape index (κ2) is 8.24. The zero-order valence-corrected chi connectivity index (χ0v) is 13.2. The van der Waals surface area contributed by atoms with Crippen LogP contribution in [-0.4, -0.2) is 24.6 Å². The van der Waals surface area contributed by atoms with Crippen molar-refractivity contribution in [3.8, 4) is 0 Å². The zero-order valence-electron chi connectivity index (χ0n) is 13.2. The van der Waals surface area contributed by atoms with Gasteiger partial charge in [0.25, 0.3) is 11.8 Å². The van der Waals surface area contributed by atoms with E-state index in [0.29, 0.717) is 5.56 Å². The van der Waals surface area contributed by atoms with Crippen LogP contribution in [0, 0.1) is 5.82 Å². The Bertz CT molecular complexity index is 818. The number of hydrazone groups is 1. The number of hydrogen-bond acceptors (Lipinski definition) is 3. The molecule has 136 valence electrons. The summed E-state index contributed by atoms with van der Waals surface area (Å²) in [5, 5.41) is 5.86. The van der Waals surface area contributed by atoms with Crippen LogP contribution in [0.2, 0.25) is 0 Å². The first-order valence-corrected chi connectivity index (χ1v) is 7.28. The number of nitrogens with zero attached hydrogens (tertiary/aromatic N) is 1. The molecule has 0 bridgehead atoms. The molecule has 0 aliphatic carbocycles. The molecule has 0 fully saturated rings. The molecule has 2 aromatic carbocycles. The van der Waals surface area contributed by atoms with Gasteiger partial charge < -0.3 is 5.32 Å². The predicted octanol–water partition coefficient (Wildman–Crippen LogP) is 2.72. The first kappa shape index (κ1) is 19.1. The van der Waals surface area contributed by atoms with E-state index in [1.54, 1.807) is 0 Å². The Balaban J connectivity index is 1.81. The van der Waals surface area contributed by atoms with Gasteiger partial charge in [0.05, 0.1) is 18.3 Å². The summed E-state index contributed by atoms with van der Waals surface area (Å²) in [5.41, 5.74) is 1.73. The molecule has 0 heterocycles. The molecule has 9 heteroatoms. The number of rotatable bonds is 5. The average Bonchev–Trinajstić information content (AvgIpc) is 2.59. The van der Waals surface area contributed by atoms with Gasteiger partial charge in [-0.25, -0.2) is 9.82 Å². The minimum absolute atomic E-state index is 0.0612. The largest absolute Gasteiger partial charge is 0.416 e. The second-order valence-corrected chi connectivity index (χ2v) is 5.11. The molecule has 0 radical (unpaired) electrons. The number of halogens is 4. The van der Waals surface area contributed by atoms with Gasteiger partial charge in [0.1, 0.15) is 5.82 Å². The molecule has 0 aromatic heterocycles. The highest BCUT2D eigenvalue weighted by atomic mass is 19.4. The van der Waals surface area contributed by atoms with Crippen LogP contribution in [0.4, 0.5) is 17.6 Å². The highest BCUT2D eigenvalue weighted by Gasteiger charge is 2.29. The highest BCUT2D eigenvalue weighted by Crippen LogP contribution is 2.28. The maximum atomic E-state index is 13.0. The molecule has 0 aliphatic rings. The molecule has 2 rings (SSSR count). The topological polar surface area (TPSA) is 70.6 Å². The molecule has 2 aromatic rings. The van der Waals surface area contributed by atoms with E-state index in [4.69, 9.17) is 0 Å². The van der Waals surface area contributed by atoms with Gasteiger partial charge in [-0.2, -0.15) is 18.3 Å². The van der Waals surface area contributed by atoms with Gasteiger partial charge >= 0.3 is 6.18 Å². The summed E-state index contributed by atoms with van der Waals surface area (Å²) in [6.45, 7) is -0.403. The minimum Gasteiger partial charge on any atom is -0.343 e. The van der Waals surface area contributed by atoms with Gasteiger partial charge in [0.2, 0.25) is 0 Å². The molecule has 0 aliphatic heterocycles. The van der Waals surface area contributed by atoms with Gasteiger partial charge in [0, 0.05) is 5.56 Å². The third-order valence-electron chi connectivity index (χ3n) is 3.14. The molecule has 0 unspecified atom stereocenters. The molecule has 2 amide bonds. The number of benzene rings is 2. The van der Waals surface area contributed by atoms with Gasteiger partial charge in [-0.15, -0.1) is 0 Å². The maximum absolute atomic E-state index is 13.0. The summed E-state index contributed by atoms with van der Waals surface area (Å²) >= 11 is 0. The van der Waals surface area contributed by atoms with Gasteiger partial charge in [-0.05, 0) is 35.9 Å². The van der Waals surface area contributed by atoms with Crippen LogP contribution in [0.3, 0.4) is 0 Å². The number of hydrogen-bond donors (Lipinski definition) is 2. The monoisotopic (exact) mass is 367 g/mol. The smallest absolute Gasteiger partial charge is 0.343 e. The predicted molar refractivity (Wildman–Crippen MR) is 85.9 cm³/mol. The van der Waals surface area contributed by atoms with E-state index in [2.05, 4.69) is 15.8 Å². The third kappa shape index (κ3) is 5.69. The number of carbonyl (C=O) groups is 2. The quantitative estimate of drug-likeness (QED) is 0.485. The molecule has 0 spiro atoms.